The number of nitrogens with zero attached hydrogens (tertiary/aromatic N) is 1. The Morgan fingerprint density at radius 1 is 0.972 bits per heavy atom. The minimum atomic E-state index is -0.308. The number of halogens is 1. The number of fused-ring (bicyclic) bond motifs is 8. The van der Waals surface area contributed by atoms with Crippen molar-refractivity contribution in [1.29, 1.82) is 0 Å². The van der Waals surface area contributed by atoms with Crippen LogP contribution in [0.15, 0.2) is 66.7 Å². The van der Waals surface area contributed by atoms with Crippen LogP contribution < -0.4 is 16.4 Å². The largest absolute Gasteiger partial charge is 0.384 e. The van der Waals surface area contributed by atoms with E-state index in [1.807, 2.05) is 56.3 Å². The number of aryl methyl sites for hydroxylation is 2. The highest BCUT2D eigenvalue weighted by molar-refractivity contribution is 5.94. The Bertz CT molecular complexity index is 1510. The van der Waals surface area contributed by atoms with Gasteiger partial charge in [0, 0.05) is 23.5 Å². The lowest BCUT2D eigenvalue weighted by atomic mass is 9.85. The van der Waals surface area contributed by atoms with Gasteiger partial charge >= 0.3 is 0 Å². The number of hydrogen-bond acceptors (Lipinski definition) is 5. The Kier molecular flexibility index (Phi) is 5.23. The topological polar surface area (TPSA) is 89.3 Å². The molecule has 0 spiro atoms. The molecule has 7 heteroatoms. The van der Waals surface area contributed by atoms with E-state index in [4.69, 9.17) is 10.5 Å². The summed E-state index contributed by atoms with van der Waals surface area (Å²) in [6.07, 6.45) is -0.424. The molecule has 2 atom stereocenters. The summed E-state index contributed by atoms with van der Waals surface area (Å²) in [4.78, 5) is 17.3. The Labute approximate surface area is 208 Å². The molecule has 2 unspecified atom stereocenters. The van der Waals surface area contributed by atoms with Crippen molar-refractivity contribution >= 4 is 23.1 Å². The van der Waals surface area contributed by atoms with Crippen molar-refractivity contribution in [3.8, 4) is 0 Å². The molecule has 4 N–H and O–H groups in total. The summed E-state index contributed by atoms with van der Waals surface area (Å²) in [5, 5.41) is 6.16. The third-order valence-electron chi connectivity index (χ3n) is 6.99. The molecule has 3 heterocycles. The summed E-state index contributed by atoms with van der Waals surface area (Å²) >= 11 is 0. The number of rotatable bonds is 5. The summed E-state index contributed by atoms with van der Waals surface area (Å²) in [5.41, 5.74) is 14.6. The van der Waals surface area contributed by atoms with Crippen molar-refractivity contribution < 1.29 is 13.9 Å². The van der Waals surface area contributed by atoms with Crippen molar-refractivity contribution in [3.63, 3.8) is 0 Å². The number of para-hydroxylation sites is 1. The molecule has 0 radical (unpaired) electrons. The van der Waals surface area contributed by atoms with Gasteiger partial charge in [0.2, 0.25) is 0 Å². The molecule has 2 aliphatic heterocycles. The maximum absolute atomic E-state index is 14.1. The molecule has 1 amide bonds. The van der Waals surface area contributed by atoms with E-state index in [9.17, 15) is 9.18 Å². The van der Waals surface area contributed by atoms with Crippen LogP contribution in [-0.2, 0) is 11.3 Å². The van der Waals surface area contributed by atoms with Crippen LogP contribution >= 0.6 is 0 Å². The average Bonchev–Trinajstić information content (AvgIpc) is 3.41. The molecule has 1 aromatic heterocycles. The van der Waals surface area contributed by atoms with Crippen LogP contribution in [0.25, 0.3) is 0 Å². The molecule has 0 aliphatic carbocycles. The zero-order valence-corrected chi connectivity index (χ0v) is 19.9. The Morgan fingerprint density at radius 2 is 1.69 bits per heavy atom. The molecular weight excluding hydrogens is 455 g/mol. The van der Waals surface area contributed by atoms with E-state index in [1.54, 1.807) is 18.2 Å². The highest BCUT2D eigenvalue weighted by Gasteiger charge is 2.43. The van der Waals surface area contributed by atoms with Crippen molar-refractivity contribution in [2.24, 2.45) is 0 Å². The lowest BCUT2D eigenvalue weighted by Crippen LogP contribution is -2.24. The number of carbonyl (C=O) groups is 1. The van der Waals surface area contributed by atoms with Gasteiger partial charge < -0.3 is 21.1 Å². The first-order chi connectivity index (χ1) is 17.4. The summed E-state index contributed by atoms with van der Waals surface area (Å²) in [6.45, 7) is 4.22. The number of pyridine rings is 1. The van der Waals surface area contributed by atoms with Gasteiger partial charge in [0.25, 0.3) is 5.91 Å². The van der Waals surface area contributed by atoms with Crippen molar-refractivity contribution in [2.45, 2.75) is 32.6 Å². The Hall–Kier alpha value is -4.23. The molecule has 0 saturated carbocycles. The lowest BCUT2D eigenvalue weighted by molar-refractivity contribution is 0.0857. The summed E-state index contributed by atoms with van der Waals surface area (Å²) in [6, 6.07) is 20.1. The van der Waals surface area contributed by atoms with E-state index < -0.39 is 0 Å². The number of nitrogens with two attached hydrogens (primary N) is 1. The predicted molar refractivity (Wildman–Crippen MR) is 137 cm³/mol. The SMILES string of the molecule is Cc1cc(N)nc(C)c1CNC(=O)c1ccc2c(c1)C1OC2c2ccc(Nc3ccccc3F)cc21. The van der Waals surface area contributed by atoms with E-state index in [1.165, 1.54) is 6.07 Å². The maximum Gasteiger partial charge on any atom is 0.251 e. The third kappa shape index (κ3) is 3.69. The number of nitrogens with one attached hydrogen (secondary N) is 2. The van der Waals surface area contributed by atoms with Crippen LogP contribution in [0.5, 0.6) is 0 Å². The van der Waals surface area contributed by atoms with E-state index >= 15 is 0 Å². The van der Waals surface area contributed by atoms with Crippen LogP contribution in [0, 0.1) is 19.7 Å². The van der Waals surface area contributed by atoms with Gasteiger partial charge in [-0.05, 0) is 89.7 Å². The van der Waals surface area contributed by atoms with Crippen molar-refractivity contribution in [2.75, 3.05) is 11.1 Å². The molecule has 6 nitrogen and oxygen atoms in total. The number of amides is 1. The minimum absolute atomic E-state index is 0.161. The molecule has 2 bridgehead atoms. The second kappa shape index (κ2) is 8.46. The fraction of sp³-hybridized carbons (Fsp3) is 0.172. The lowest BCUT2D eigenvalue weighted by Gasteiger charge is -2.18. The number of benzene rings is 3. The van der Waals surface area contributed by atoms with Crippen molar-refractivity contribution in [1.82, 2.24) is 10.3 Å². The van der Waals surface area contributed by atoms with Crippen LogP contribution in [0.2, 0.25) is 0 Å². The van der Waals surface area contributed by atoms with Gasteiger partial charge in [-0.15, -0.1) is 0 Å². The highest BCUT2D eigenvalue weighted by Crippen LogP contribution is 2.54. The van der Waals surface area contributed by atoms with Gasteiger partial charge in [0.05, 0.1) is 5.69 Å². The number of aromatic nitrogens is 1. The van der Waals surface area contributed by atoms with Gasteiger partial charge in [-0.2, -0.15) is 0 Å². The van der Waals surface area contributed by atoms with Crippen LogP contribution in [-0.4, -0.2) is 10.9 Å². The molecule has 2 aliphatic rings. The highest BCUT2D eigenvalue weighted by atomic mass is 19.1. The maximum atomic E-state index is 14.1. The molecule has 6 rings (SSSR count). The van der Waals surface area contributed by atoms with Gasteiger partial charge in [-0.1, -0.05) is 24.3 Å². The molecular formula is C29H25FN4O2. The first-order valence-corrected chi connectivity index (χ1v) is 11.8. The van der Waals surface area contributed by atoms with E-state index in [-0.39, 0.29) is 23.9 Å². The van der Waals surface area contributed by atoms with E-state index in [2.05, 4.69) is 15.6 Å². The Morgan fingerprint density at radius 3 is 2.47 bits per heavy atom. The Balaban J connectivity index is 1.23. The molecule has 180 valence electrons. The summed E-state index contributed by atoms with van der Waals surface area (Å²) < 4.78 is 20.4. The van der Waals surface area contributed by atoms with Gasteiger partial charge in [-0.3, -0.25) is 4.79 Å². The van der Waals surface area contributed by atoms with Crippen molar-refractivity contribution in [3.05, 3.63) is 117 Å². The normalized spacial score (nSPS) is 17.0. The zero-order chi connectivity index (χ0) is 25.0. The van der Waals surface area contributed by atoms with E-state index in [0.717, 1.165) is 44.8 Å². The predicted octanol–water partition coefficient (Wildman–Crippen LogP) is 5.62. The first kappa shape index (κ1) is 22.2. The fourth-order valence-corrected chi connectivity index (χ4v) is 5.21. The molecule has 0 fully saturated rings. The number of ether oxygens (including phenoxy) is 1. The molecule has 4 aromatic rings. The number of nitrogen functional groups attached to an aromatic ring is 1. The minimum Gasteiger partial charge on any atom is -0.384 e. The quantitative estimate of drug-likeness (QED) is 0.345. The molecule has 0 saturated heterocycles. The third-order valence-corrected chi connectivity index (χ3v) is 6.99. The van der Waals surface area contributed by atoms with Gasteiger partial charge in [0.1, 0.15) is 23.8 Å². The van der Waals surface area contributed by atoms with Crippen LogP contribution in [0.1, 0.15) is 61.6 Å². The average molecular weight is 481 g/mol. The smallest absolute Gasteiger partial charge is 0.251 e. The standard InChI is InChI=1S/C29H25FN4O2/c1-15-11-26(31)33-16(2)23(15)14-32-29(35)17-7-9-19-21(12-17)28-22-13-18(8-10-20(22)27(19)36-28)34-25-6-4-3-5-24(25)30/h3-13,27-28,34H,14H2,1-2H3,(H2,31,33)(H,32,35). The number of hydrogen-bond donors (Lipinski definition) is 3. The van der Waals surface area contributed by atoms with Crippen LogP contribution in [0.3, 0.4) is 0 Å². The summed E-state index contributed by atoms with van der Waals surface area (Å²) in [7, 11) is 0. The first-order valence-electron chi connectivity index (χ1n) is 11.8. The van der Waals surface area contributed by atoms with E-state index in [0.29, 0.717) is 23.6 Å². The number of anilines is 3. The summed E-state index contributed by atoms with van der Waals surface area (Å²) in [5.74, 6) is 0.00425. The molecule has 3 aromatic carbocycles. The second-order valence-corrected chi connectivity index (χ2v) is 9.30. The number of carbonyl (C=O) groups excluding carboxylic acids is 1. The monoisotopic (exact) mass is 480 g/mol. The van der Waals surface area contributed by atoms with Gasteiger partial charge in [0.15, 0.2) is 0 Å². The zero-order valence-electron chi connectivity index (χ0n) is 19.9. The van der Waals surface area contributed by atoms with Gasteiger partial charge in [-0.25, -0.2) is 9.37 Å². The second-order valence-electron chi connectivity index (χ2n) is 9.30. The fourth-order valence-electron chi connectivity index (χ4n) is 5.21. The van der Waals surface area contributed by atoms with Crippen LogP contribution in [0.4, 0.5) is 21.6 Å². The molecule has 36 heavy (non-hydrogen) atoms.